The summed E-state index contributed by atoms with van der Waals surface area (Å²) in [7, 11) is 0. The molecule has 0 saturated carbocycles. The van der Waals surface area contributed by atoms with Crippen LogP contribution >= 0.6 is 0 Å². The Labute approximate surface area is 127 Å². The smallest absolute Gasteiger partial charge is 0.322 e. The lowest BCUT2D eigenvalue weighted by Crippen LogP contribution is -2.19. The lowest BCUT2D eigenvalue weighted by molar-refractivity contribution is 0.262. The summed E-state index contributed by atoms with van der Waals surface area (Å²) in [6.45, 7) is 1.76. The van der Waals surface area contributed by atoms with Crippen LogP contribution in [0.5, 0.6) is 0 Å². The van der Waals surface area contributed by atoms with Gasteiger partial charge in [-0.25, -0.2) is 4.79 Å². The minimum Gasteiger partial charge on any atom is -0.322 e. The van der Waals surface area contributed by atoms with Crippen LogP contribution in [0.25, 0.3) is 10.9 Å². The maximum atomic E-state index is 11.9. The first kappa shape index (κ1) is 13.9. The molecule has 110 valence electrons. The van der Waals surface area contributed by atoms with E-state index in [4.69, 9.17) is 0 Å². The van der Waals surface area contributed by atoms with Crippen molar-refractivity contribution in [2.24, 2.45) is 0 Å². The van der Waals surface area contributed by atoms with Gasteiger partial charge >= 0.3 is 6.03 Å². The Kier molecular flexibility index (Phi) is 3.62. The van der Waals surface area contributed by atoms with E-state index in [9.17, 15) is 9.59 Å². The number of para-hydroxylation sites is 1. The fourth-order valence-corrected chi connectivity index (χ4v) is 2.20. The largest absolute Gasteiger partial charge is 0.323 e. The van der Waals surface area contributed by atoms with Gasteiger partial charge in [0.1, 0.15) is 0 Å². The van der Waals surface area contributed by atoms with Crippen molar-refractivity contribution in [2.45, 2.75) is 6.92 Å². The van der Waals surface area contributed by atoms with Crippen LogP contribution in [-0.2, 0) is 0 Å². The SMILES string of the molecule is Cc1cc2ccc(NC(=O)Nc3ccccc3)cc2[nH]c1=O. The van der Waals surface area contributed by atoms with Crippen molar-refractivity contribution in [3.05, 3.63) is 70.5 Å². The molecule has 0 radical (unpaired) electrons. The Hall–Kier alpha value is -3.08. The number of pyridine rings is 1. The van der Waals surface area contributed by atoms with E-state index in [0.717, 1.165) is 5.39 Å². The Morgan fingerprint density at radius 1 is 0.955 bits per heavy atom. The number of rotatable bonds is 2. The van der Waals surface area contributed by atoms with Crippen LogP contribution in [0.3, 0.4) is 0 Å². The fourth-order valence-electron chi connectivity index (χ4n) is 2.20. The van der Waals surface area contributed by atoms with Crippen LogP contribution < -0.4 is 16.2 Å². The van der Waals surface area contributed by atoms with Gasteiger partial charge in [0.05, 0.1) is 5.52 Å². The first-order chi connectivity index (χ1) is 10.6. The number of urea groups is 1. The number of aryl methyl sites for hydroxylation is 1. The zero-order chi connectivity index (χ0) is 15.5. The molecule has 0 saturated heterocycles. The molecule has 3 rings (SSSR count). The van der Waals surface area contributed by atoms with Gasteiger partial charge < -0.3 is 15.6 Å². The number of benzene rings is 2. The van der Waals surface area contributed by atoms with Crippen LogP contribution in [0.2, 0.25) is 0 Å². The van der Waals surface area contributed by atoms with E-state index < -0.39 is 0 Å². The maximum absolute atomic E-state index is 11.9. The van der Waals surface area contributed by atoms with Gasteiger partial charge in [0.2, 0.25) is 0 Å². The molecule has 5 heteroatoms. The molecule has 0 aliphatic carbocycles. The quantitative estimate of drug-likeness (QED) is 0.676. The molecule has 1 aromatic heterocycles. The minimum atomic E-state index is -0.333. The molecule has 0 spiro atoms. The van der Waals surface area contributed by atoms with Crippen molar-refractivity contribution in [1.82, 2.24) is 4.98 Å². The molecule has 2 amide bonds. The van der Waals surface area contributed by atoms with Crippen LogP contribution in [0.1, 0.15) is 5.56 Å². The molecule has 0 atom stereocenters. The predicted octanol–water partition coefficient (Wildman–Crippen LogP) is 3.48. The highest BCUT2D eigenvalue weighted by Gasteiger charge is 2.04. The number of hydrogen-bond donors (Lipinski definition) is 3. The Morgan fingerprint density at radius 2 is 1.68 bits per heavy atom. The van der Waals surface area contributed by atoms with E-state index in [1.54, 1.807) is 31.2 Å². The molecule has 0 bridgehead atoms. The van der Waals surface area contributed by atoms with Crippen molar-refractivity contribution in [1.29, 1.82) is 0 Å². The van der Waals surface area contributed by atoms with Gasteiger partial charge in [0.15, 0.2) is 0 Å². The molecule has 0 aliphatic heterocycles. The summed E-state index contributed by atoms with van der Waals surface area (Å²) in [6, 6.07) is 16.1. The Bertz CT molecular complexity index is 885. The molecule has 0 aliphatic rings. The number of fused-ring (bicyclic) bond motifs is 1. The normalized spacial score (nSPS) is 10.4. The summed E-state index contributed by atoms with van der Waals surface area (Å²) in [5, 5.41) is 6.40. The van der Waals surface area contributed by atoms with Gasteiger partial charge in [0, 0.05) is 16.9 Å². The van der Waals surface area contributed by atoms with Gasteiger partial charge in [-0.15, -0.1) is 0 Å². The zero-order valence-electron chi connectivity index (χ0n) is 12.0. The molecule has 1 heterocycles. The van der Waals surface area contributed by atoms with E-state index in [1.165, 1.54) is 0 Å². The maximum Gasteiger partial charge on any atom is 0.323 e. The molecule has 5 nitrogen and oxygen atoms in total. The monoisotopic (exact) mass is 293 g/mol. The van der Waals surface area contributed by atoms with Crippen LogP contribution in [-0.4, -0.2) is 11.0 Å². The predicted molar refractivity (Wildman–Crippen MR) is 88.4 cm³/mol. The van der Waals surface area contributed by atoms with Crippen molar-refractivity contribution < 1.29 is 4.79 Å². The molecule has 0 unspecified atom stereocenters. The Morgan fingerprint density at radius 3 is 2.45 bits per heavy atom. The lowest BCUT2D eigenvalue weighted by Gasteiger charge is -2.08. The topological polar surface area (TPSA) is 74.0 Å². The van der Waals surface area contributed by atoms with Crippen molar-refractivity contribution >= 4 is 28.3 Å². The highest BCUT2D eigenvalue weighted by molar-refractivity contribution is 6.00. The molecule has 3 N–H and O–H groups in total. The number of aromatic amines is 1. The average Bonchev–Trinajstić information content (AvgIpc) is 2.49. The van der Waals surface area contributed by atoms with E-state index in [0.29, 0.717) is 22.5 Å². The van der Waals surface area contributed by atoms with E-state index >= 15 is 0 Å². The van der Waals surface area contributed by atoms with E-state index in [2.05, 4.69) is 15.6 Å². The number of H-pyrrole nitrogens is 1. The number of carbonyl (C=O) groups is 1. The third-order valence-corrected chi connectivity index (χ3v) is 3.32. The van der Waals surface area contributed by atoms with E-state index in [1.807, 2.05) is 30.3 Å². The summed E-state index contributed by atoms with van der Waals surface area (Å²) in [5.74, 6) is 0. The highest BCUT2D eigenvalue weighted by atomic mass is 16.2. The minimum absolute atomic E-state index is 0.126. The van der Waals surface area contributed by atoms with Crippen molar-refractivity contribution in [3.63, 3.8) is 0 Å². The number of carbonyl (C=O) groups excluding carboxylic acids is 1. The Balaban J connectivity index is 1.80. The average molecular weight is 293 g/mol. The molecular weight excluding hydrogens is 278 g/mol. The number of hydrogen-bond acceptors (Lipinski definition) is 2. The fraction of sp³-hybridized carbons (Fsp3) is 0.0588. The third-order valence-electron chi connectivity index (χ3n) is 3.32. The second-order valence-electron chi connectivity index (χ2n) is 5.03. The molecule has 22 heavy (non-hydrogen) atoms. The summed E-state index contributed by atoms with van der Waals surface area (Å²) in [5.41, 5.74) is 2.55. The highest BCUT2D eigenvalue weighted by Crippen LogP contribution is 2.17. The summed E-state index contributed by atoms with van der Waals surface area (Å²) in [6.07, 6.45) is 0. The summed E-state index contributed by atoms with van der Waals surface area (Å²) >= 11 is 0. The van der Waals surface area contributed by atoms with Crippen molar-refractivity contribution in [2.75, 3.05) is 10.6 Å². The van der Waals surface area contributed by atoms with Crippen LogP contribution in [0.15, 0.2) is 59.4 Å². The lowest BCUT2D eigenvalue weighted by atomic mass is 10.1. The van der Waals surface area contributed by atoms with Gasteiger partial charge in [-0.2, -0.15) is 0 Å². The molecular formula is C17H15N3O2. The third kappa shape index (κ3) is 2.98. The van der Waals surface area contributed by atoms with Gasteiger partial charge in [-0.3, -0.25) is 4.79 Å². The number of anilines is 2. The molecule has 3 aromatic rings. The standard InChI is InChI=1S/C17H15N3O2/c1-11-9-12-7-8-14(10-15(12)20-16(11)21)19-17(22)18-13-5-3-2-4-6-13/h2-10H,1H3,(H,20,21)(H2,18,19,22). The number of nitrogens with one attached hydrogen (secondary N) is 3. The number of aromatic nitrogens is 1. The molecule has 2 aromatic carbocycles. The van der Waals surface area contributed by atoms with Gasteiger partial charge in [-0.05, 0) is 42.6 Å². The summed E-state index contributed by atoms with van der Waals surface area (Å²) in [4.78, 5) is 26.4. The van der Waals surface area contributed by atoms with Gasteiger partial charge in [-0.1, -0.05) is 24.3 Å². The van der Waals surface area contributed by atoms with Crippen LogP contribution in [0, 0.1) is 6.92 Å². The zero-order valence-corrected chi connectivity index (χ0v) is 12.0. The van der Waals surface area contributed by atoms with E-state index in [-0.39, 0.29) is 11.6 Å². The first-order valence-corrected chi connectivity index (χ1v) is 6.88. The van der Waals surface area contributed by atoms with Gasteiger partial charge in [0.25, 0.3) is 5.56 Å². The summed E-state index contributed by atoms with van der Waals surface area (Å²) < 4.78 is 0. The molecule has 0 fully saturated rings. The second-order valence-corrected chi connectivity index (χ2v) is 5.03. The number of amides is 2. The second kappa shape index (κ2) is 5.73. The van der Waals surface area contributed by atoms with Crippen molar-refractivity contribution in [3.8, 4) is 0 Å². The first-order valence-electron chi connectivity index (χ1n) is 6.88. The van der Waals surface area contributed by atoms with Crippen LogP contribution in [0.4, 0.5) is 16.2 Å².